The van der Waals surface area contributed by atoms with Gasteiger partial charge < -0.3 is 23.5 Å². The molecule has 1 saturated carbocycles. The van der Waals surface area contributed by atoms with E-state index in [0.717, 1.165) is 44.1 Å². The number of fused-ring (bicyclic) bond motifs is 2. The van der Waals surface area contributed by atoms with Crippen molar-refractivity contribution in [2.24, 2.45) is 16.7 Å². The summed E-state index contributed by atoms with van der Waals surface area (Å²) in [4.78, 5) is 16.5. The van der Waals surface area contributed by atoms with Crippen molar-refractivity contribution in [2.45, 2.75) is 83.9 Å². The predicted molar refractivity (Wildman–Crippen MR) is 144 cm³/mol. The van der Waals surface area contributed by atoms with Gasteiger partial charge in [0.2, 0.25) is 0 Å². The maximum absolute atomic E-state index is 14.0. The maximum Gasteiger partial charge on any atom is 0.315 e. The van der Waals surface area contributed by atoms with Gasteiger partial charge in [-0.05, 0) is 36.0 Å². The van der Waals surface area contributed by atoms with Crippen molar-refractivity contribution < 1.29 is 23.4 Å². The quantitative estimate of drug-likeness (QED) is 0.311. The molecular formula is C29H47NO5Si. The zero-order chi connectivity index (χ0) is 26.0. The summed E-state index contributed by atoms with van der Waals surface area (Å²) in [5.74, 6) is -0.445. The van der Waals surface area contributed by atoms with Crippen LogP contribution in [0.15, 0.2) is 30.3 Å². The van der Waals surface area contributed by atoms with Crippen LogP contribution in [0.25, 0.3) is 0 Å². The van der Waals surface area contributed by atoms with Crippen molar-refractivity contribution in [3.63, 3.8) is 0 Å². The SMILES string of the molecule is CC[Si](CC)(CC)OC1C2(Cc3ccccc3)CN(CC(C)C)CC1(C(=O)OC)CC1(C2)OCCO1. The Morgan fingerprint density at radius 3 is 2.25 bits per heavy atom. The van der Waals surface area contributed by atoms with Crippen LogP contribution in [0.1, 0.15) is 53.0 Å². The first-order chi connectivity index (χ1) is 17.2. The van der Waals surface area contributed by atoms with E-state index in [1.54, 1.807) is 0 Å². The van der Waals surface area contributed by atoms with Crippen molar-refractivity contribution in [1.29, 1.82) is 0 Å². The Morgan fingerprint density at radius 2 is 1.69 bits per heavy atom. The topological polar surface area (TPSA) is 57.2 Å². The molecule has 202 valence electrons. The maximum atomic E-state index is 14.0. The number of rotatable bonds is 10. The molecule has 1 spiro atoms. The van der Waals surface area contributed by atoms with Crippen molar-refractivity contribution in [3.8, 4) is 0 Å². The van der Waals surface area contributed by atoms with Crippen molar-refractivity contribution in [1.82, 2.24) is 4.90 Å². The lowest BCUT2D eigenvalue weighted by Crippen LogP contribution is -2.74. The van der Waals surface area contributed by atoms with E-state index in [1.165, 1.54) is 12.7 Å². The molecule has 0 amide bonds. The zero-order valence-corrected chi connectivity index (χ0v) is 24.3. The third-order valence-electron chi connectivity index (χ3n) is 9.04. The fourth-order valence-electron chi connectivity index (χ4n) is 7.52. The van der Waals surface area contributed by atoms with Gasteiger partial charge in [0.15, 0.2) is 14.1 Å². The second kappa shape index (κ2) is 10.9. The summed E-state index contributed by atoms with van der Waals surface area (Å²) in [7, 11) is -0.530. The molecule has 3 aliphatic rings. The molecule has 3 fully saturated rings. The molecule has 1 aromatic rings. The van der Waals surface area contributed by atoms with Gasteiger partial charge in [0.25, 0.3) is 0 Å². The highest BCUT2D eigenvalue weighted by Crippen LogP contribution is 2.60. The molecule has 0 aromatic heterocycles. The van der Waals surface area contributed by atoms with E-state index >= 15 is 0 Å². The molecule has 3 unspecified atom stereocenters. The zero-order valence-electron chi connectivity index (χ0n) is 23.3. The lowest BCUT2D eigenvalue weighted by Gasteiger charge is -2.64. The van der Waals surface area contributed by atoms with Gasteiger partial charge in [0, 0.05) is 37.9 Å². The van der Waals surface area contributed by atoms with Crippen molar-refractivity contribution >= 4 is 14.3 Å². The van der Waals surface area contributed by atoms with E-state index in [1.807, 2.05) is 0 Å². The fourth-order valence-corrected chi connectivity index (χ4v) is 10.5. The summed E-state index contributed by atoms with van der Waals surface area (Å²) in [6.45, 7) is 14.9. The highest BCUT2D eigenvalue weighted by Gasteiger charge is 2.70. The summed E-state index contributed by atoms with van der Waals surface area (Å²) in [6.07, 6.45) is 1.81. The monoisotopic (exact) mass is 517 g/mol. The van der Waals surface area contributed by atoms with Gasteiger partial charge in [0.1, 0.15) is 5.41 Å². The third-order valence-corrected chi connectivity index (χ3v) is 13.6. The van der Waals surface area contributed by atoms with E-state index in [0.29, 0.717) is 32.1 Å². The number of carbonyl (C=O) groups is 1. The summed E-state index contributed by atoms with van der Waals surface area (Å²) in [5, 5.41) is 0. The minimum absolute atomic E-state index is 0.178. The summed E-state index contributed by atoms with van der Waals surface area (Å²) in [6, 6.07) is 13.8. The molecule has 0 N–H and O–H groups in total. The van der Waals surface area contributed by atoms with Crippen LogP contribution < -0.4 is 0 Å². The van der Waals surface area contributed by atoms with Crippen LogP contribution in [0.5, 0.6) is 0 Å². The number of likely N-dealkylation sites (tertiary alicyclic amines) is 1. The molecule has 7 heteroatoms. The number of nitrogens with zero attached hydrogens (tertiary/aromatic N) is 1. The molecule has 4 rings (SSSR count). The van der Waals surface area contributed by atoms with Gasteiger partial charge in [0.05, 0.1) is 26.4 Å². The molecule has 2 bridgehead atoms. The van der Waals surface area contributed by atoms with Gasteiger partial charge in [-0.15, -0.1) is 0 Å². The van der Waals surface area contributed by atoms with Crippen LogP contribution in [0.4, 0.5) is 0 Å². The standard InChI is InChI=1S/C29H47NO5Si/c1-7-36(8-2,9-3)35-25-27(17-24-13-11-10-12-14-24)19-29(33-15-16-34-29)20-28(25,26(31)32-6)22-30(21-27)18-23(4)5/h10-14,23,25H,7-9,15-22H2,1-6H3. The normalized spacial score (nSPS) is 30.1. The van der Waals surface area contributed by atoms with E-state index in [4.69, 9.17) is 18.6 Å². The molecule has 3 atom stereocenters. The number of piperidine rings is 1. The fraction of sp³-hybridized carbons (Fsp3) is 0.759. The molecule has 2 saturated heterocycles. The highest BCUT2D eigenvalue weighted by molar-refractivity contribution is 6.73. The molecule has 1 aliphatic carbocycles. The summed E-state index contributed by atoms with van der Waals surface area (Å²) < 4.78 is 25.8. The smallest absolute Gasteiger partial charge is 0.315 e. The molecule has 2 heterocycles. The van der Waals surface area contributed by atoms with E-state index in [9.17, 15) is 4.79 Å². The largest absolute Gasteiger partial charge is 0.468 e. The number of benzene rings is 1. The minimum Gasteiger partial charge on any atom is -0.468 e. The van der Waals surface area contributed by atoms with E-state index in [2.05, 4.69) is 69.9 Å². The molecule has 0 radical (unpaired) electrons. The van der Waals surface area contributed by atoms with Crippen LogP contribution in [-0.2, 0) is 29.9 Å². The first-order valence-corrected chi connectivity index (χ1v) is 16.5. The summed E-state index contributed by atoms with van der Waals surface area (Å²) in [5.41, 5.74) is 0.100. The first kappa shape index (κ1) is 27.8. The Bertz CT molecular complexity index is 877. The van der Waals surface area contributed by atoms with Gasteiger partial charge in [-0.1, -0.05) is 65.0 Å². The van der Waals surface area contributed by atoms with Gasteiger partial charge in [-0.2, -0.15) is 0 Å². The number of ether oxygens (including phenoxy) is 3. The van der Waals surface area contributed by atoms with Crippen LogP contribution in [0, 0.1) is 16.7 Å². The third kappa shape index (κ3) is 5.06. The number of carbonyl (C=O) groups excluding carboxylic acids is 1. The van der Waals surface area contributed by atoms with E-state index < -0.39 is 19.5 Å². The Kier molecular flexibility index (Phi) is 8.37. The minimum atomic E-state index is -2.05. The van der Waals surface area contributed by atoms with Crippen LogP contribution >= 0.6 is 0 Å². The first-order valence-electron chi connectivity index (χ1n) is 14.0. The number of hydrogen-bond donors (Lipinski definition) is 0. The predicted octanol–water partition coefficient (Wildman–Crippen LogP) is 5.27. The second-order valence-corrected chi connectivity index (χ2v) is 16.7. The second-order valence-electron chi connectivity index (χ2n) is 11.9. The number of methoxy groups -OCH3 is 1. The molecule has 6 nitrogen and oxygen atoms in total. The van der Waals surface area contributed by atoms with Crippen LogP contribution in [0.2, 0.25) is 18.1 Å². The molecular weight excluding hydrogens is 470 g/mol. The Hall–Kier alpha value is -1.25. The summed E-state index contributed by atoms with van der Waals surface area (Å²) >= 11 is 0. The van der Waals surface area contributed by atoms with Crippen LogP contribution in [0.3, 0.4) is 0 Å². The van der Waals surface area contributed by atoms with E-state index in [-0.39, 0.29) is 17.5 Å². The average molecular weight is 518 g/mol. The lowest BCUT2D eigenvalue weighted by atomic mass is 9.53. The average Bonchev–Trinajstić information content (AvgIpc) is 3.30. The van der Waals surface area contributed by atoms with Crippen molar-refractivity contribution in [3.05, 3.63) is 35.9 Å². The molecule has 2 aliphatic heterocycles. The van der Waals surface area contributed by atoms with Gasteiger partial charge in [-0.3, -0.25) is 4.79 Å². The lowest BCUT2D eigenvalue weighted by molar-refractivity contribution is -0.283. The van der Waals surface area contributed by atoms with Gasteiger partial charge >= 0.3 is 5.97 Å². The van der Waals surface area contributed by atoms with Crippen molar-refractivity contribution in [2.75, 3.05) is 40.0 Å². The number of hydrogen-bond acceptors (Lipinski definition) is 6. The Balaban J connectivity index is 1.91. The molecule has 36 heavy (non-hydrogen) atoms. The van der Waals surface area contributed by atoms with Gasteiger partial charge in [-0.25, -0.2) is 0 Å². The number of esters is 1. The Labute approximate surface area is 219 Å². The highest BCUT2D eigenvalue weighted by atomic mass is 28.4. The Morgan fingerprint density at radius 1 is 1.06 bits per heavy atom. The van der Waals surface area contributed by atoms with Crippen LogP contribution in [-0.4, -0.2) is 71.0 Å². The molecule has 1 aromatic carbocycles.